The van der Waals surface area contributed by atoms with Crippen molar-refractivity contribution in [2.75, 3.05) is 26.2 Å². The zero-order valence-corrected chi connectivity index (χ0v) is 25.2. The van der Waals surface area contributed by atoms with Gasteiger partial charge in [0.15, 0.2) is 0 Å². The lowest BCUT2D eigenvalue weighted by Gasteiger charge is -2.40. The fourth-order valence-electron chi connectivity index (χ4n) is 7.31. The van der Waals surface area contributed by atoms with Gasteiger partial charge in [0.25, 0.3) is 0 Å². The Balaban J connectivity index is 1.83. The topological polar surface area (TPSA) is 81.2 Å². The molecule has 1 spiro atoms. The molecule has 8 heteroatoms. The van der Waals surface area contributed by atoms with Crippen molar-refractivity contribution in [1.29, 1.82) is 0 Å². The number of hydrogen-bond donors (Lipinski definition) is 1. The number of rotatable bonds is 13. The first-order chi connectivity index (χ1) is 19.1. The van der Waals surface area contributed by atoms with Crippen LogP contribution in [0.3, 0.4) is 0 Å². The van der Waals surface area contributed by atoms with E-state index >= 15 is 0 Å². The highest BCUT2D eigenvalue weighted by Gasteiger charge is 2.78. The lowest BCUT2D eigenvalue weighted by molar-refractivity contribution is -0.148. The molecule has 1 aromatic carbocycles. The number of amides is 3. The van der Waals surface area contributed by atoms with Crippen molar-refractivity contribution in [3.05, 3.63) is 61.2 Å². The smallest absolute Gasteiger partial charge is 0.247 e. The molecule has 2 unspecified atom stereocenters. The summed E-state index contributed by atoms with van der Waals surface area (Å²) in [6, 6.07) is 8.31. The Bertz CT molecular complexity index is 1130. The van der Waals surface area contributed by atoms with Crippen LogP contribution in [0.2, 0.25) is 0 Å². The fraction of sp³-hybridized carbons (Fsp3) is 0.594. The van der Waals surface area contributed by atoms with Crippen LogP contribution in [0.25, 0.3) is 0 Å². The highest BCUT2D eigenvalue weighted by atomic mass is 32.2. The molecule has 3 saturated heterocycles. The second-order valence-corrected chi connectivity index (χ2v) is 13.8. The van der Waals surface area contributed by atoms with Crippen LogP contribution in [0, 0.1) is 11.8 Å². The minimum atomic E-state index is -0.767. The molecule has 2 bridgehead atoms. The van der Waals surface area contributed by atoms with E-state index in [1.54, 1.807) is 33.7 Å². The first-order valence-corrected chi connectivity index (χ1v) is 15.4. The number of likely N-dealkylation sites (tertiary alicyclic amines) is 1. The lowest BCUT2D eigenvalue weighted by Crippen LogP contribution is -2.59. The molecule has 3 fully saturated rings. The number of thioether (sulfide) groups is 1. The summed E-state index contributed by atoms with van der Waals surface area (Å²) in [4.78, 5) is 48.6. The van der Waals surface area contributed by atoms with Gasteiger partial charge in [-0.05, 0) is 52.0 Å². The van der Waals surface area contributed by atoms with E-state index in [2.05, 4.69) is 20.1 Å². The number of carbonyl (C=O) groups excluding carboxylic acids is 3. The maximum atomic E-state index is 14.6. The molecule has 1 N–H and O–H groups in total. The maximum Gasteiger partial charge on any atom is 0.247 e. The summed E-state index contributed by atoms with van der Waals surface area (Å²) < 4.78 is -1.17. The summed E-state index contributed by atoms with van der Waals surface area (Å²) in [5.41, 5.74) is 0.985. The third-order valence-corrected chi connectivity index (χ3v) is 11.0. The van der Waals surface area contributed by atoms with Gasteiger partial charge in [0.1, 0.15) is 6.04 Å². The molecule has 7 nitrogen and oxygen atoms in total. The summed E-state index contributed by atoms with van der Waals surface area (Å²) in [7, 11) is 0. The monoisotopic (exact) mass is 567 g/mol. The average molecular weight is 568 g/mol. The average Bonchev–Trinajstić information content (AvgIpc) is 3.50. The van der Waals surface area contributed by atoms with Crippen molar-refractivity contribution in [1.82, 2.24) is 14.7 Å². The van der Waals surface area contributed by atoms with E-state index in [1.807, 2.05) is 56.0 Å². The van der Waals surface area contributed by atoms with Crippen LogP contribution >= 0.6 is 11.8 Å². The van der Waals surface area contributed by atoms with E-state index < -0.39 is 33.4 Å². The molecule has 3 aliphatic rings. The van der Waals surface area contributed by atoms with Gasteiger partial charge in [-0.2, -0.15) is 0 Å². The quantitative estimate of drug-likeness (QED) is 0.366. The van der Waals surface area contributed by atoms with Crippen LogP contribution < -0.4 is 0 Å². The zero-order valence-electron chi connectivity index (χ0n) is 24.4. The number of benzene rings is 1. The Hall–Kier alpha value is -2.58. The van der Waals surface area contributed by atoms with E-state index in [0.29, 0.717) is 32.5 Å². The van der Waals surface area contributed by atoms with Gasteiger partial charge in [0, 0.05) is 30.4 Å². The maximum absolute atomic E-state index is 14.6. The number of fused-ring (bicyclic) bond motifs is 1. The van der Waals surface area contributed by atoms with Crippen molar-refractivity contribution in [3.8, 4) is 0 Å². The first kappa shape index (κ1) is 30.4. The van der Waals surface area contributed by atoms with Crippen LogP contribution in [0.5, 0.6) is 0 Å². The molecule has 1 aromatic rings. The predicted molar refractivity (Wildman–Crippen MR) is 161 cm³/mol. The number of carbonyl (C=O) groups is 3. The van der Waals surface area contributed by atoms with Gasteiger partial charge in [-0.25, -0.2) is 0 Å². The van der Waals surface area contributed by atoms with Gasteiger partial charge in [0.05, 0.1) is 29.2 Å². The number of aliphatic hydroxyl groups excluding tert-OH is 1. The highest BCUT2D eigenvalue weighted by Crippen LogP contribution is 2.72. The molecule has 3 heterocycles. The minimum Gasteiger partial charge on any atom is -0.394 e. The number of aliphatic hydroxyl groups is 1. The Kier molecular flexibility index (Phi) is 9.20. The Morgan fingerprint density at radius 2 is 1.82 bits per heavy atom. The van der Waals surface area contributed by atoms with Crippen molar-refractivity contribution < 1.29 is 19.5 Å². The van der Waals surface area contributed by atoms with E-state index in [4.69, 9.17) is 0 Å². The molecule has 0 radical (unpaired) electrons. The number of hydrogen-bond acceptors (Lipinski definition) is 5. The van der Waals surface area contributed by atoms with Crippen LogP contribution in [-0.4, -0.2) is 91.4 Å². The molecule has 3 amide bonds. The SMILES string of the molecule is C=CCN(CCC)C(=O)[C@@H]1[C@H]2C(=O)N([C@@H](CO)Cc3ccccc3)C(C(=O)N(CC=C)C(C)C)C23CC[C@@]1(C)S3. The molecular weight excluding hydrogens is 522 g/mol. The Labute approximate surface area is 243 Å². The molecule has 0 aromatic heterocycles. The summed E-state index contributed by atoms with van der Waals surface area (Å²) in [6.45, 7) is 16.9. The van der Waals surface area contributed by atoms with Crippen molar-refractivity contribution in [2.45, 2.75) is 81.0 Å². The van der Waals surface area contributed by atoms with Gasteiger partial charge in [-0.15, -0.1) is 24.9 Å². The predicted octanol–water partition coefficient (Wildman–Crippen LogP) is 3.92. The van der Waals surface area contributed by atoms with E-state index in [9.17, 15) is 19.5 Å². The van der Waals surface area contributed by atoms with Crippen molar-refractivity contribution in [3.63, 3.8) is 0 Å². The van der Waals surface area contributed by atoms with Crippen LogP contribution in [0.1, 0.15) is 52.5 Å². The summed E-state index contributed by atoms with van der Waals surface area (Å²) in [5.74, 6) is -1.49. The van der Waals surface area contributed by atoms with Gasteiger partial charge in [-0.1, -0.05) is 49.4 Å². The van der Waals surface area contributed by atoms with Crippen molar-refractivity contribution in [2.24, 2.45) is 11.8 Å². The van der Waals surface area contributed by atoms with E-state index in [0.717, 1.165) is 18.4 Å². The van der Waals surface area contributed by atoms with Gasteiger partial charge >= 0.3 is 0 Å². The summed E-state index contributed by atoms with van der Waals surface area (Å²) >= 11 is 1.68. The molecule has 218 valence electrons. The zero-order chi connectivity index (χ0) is 29.2. The summed E-state index contributed by atoms with van der Waals surface area (Å²) in [5, 5.41) is 10.7. The third kappa shape index (κ3) is 5.02. The molecule has 6 atom stereocenters. The number of nitrogens with zero attached hydrogens (tertiary/aromatic N) is 3. The Morgan fingerprint density at radius 1 is 1.15 bits per heavy atom. The molecule has 3 aliphatic heterocycles. The van der Waals surface area contributed by atoms with Gasteiger partial charge in [0.2, 0.25) is 17.7 Å². The molecule has 0 saturated carbocycles. The first-order valence-electron chi connectivity index (χ1n) is 14.6. The van der Waals surface area contributed by atoms with Crippen LogP contribution in [-0.2, 0) is 20.8 Å². The van der Waals surface area contributed by atoms with Crippen LogP contribution in [0.4, 0.5) is 0 Å². The van der Waals surface area contributed by atoms with Crippen molar-refractivity contribution >= 4 is 29.5 Å². The lowest BCUT2D eigenvalue weighted by atomic mass is 9.66. The van der Waals surface area contributed by atoms with E-state index in [1.165, 1.54) is 0 Å². The van der Waals surface area contributed by atoms with Gasteiger partial charge in [-0.3, -0.25) is 14.4 Å². The molecule has 4 rings (SSSR count). The second-order valence-electron chi connectivity index (χ2n) is 11.9. The fourth-order valence-corrected chi connectivity index (χ4v) is 9.64. The van der Waals surface area contributed by atoms with Gasteiger partial charge < -0.3 is 19.8 Å². The highest BCUT2D eigenvalue weighted by molar-refractivity contribution is 8.02. The minimum absolute atomic E-state index is 0.0276. The Morgan fingerprint density at radius 3 is 2.40 bits per heavy atom. The van der Waals surface area contributed by atoms with E-state index in [-0.39, 0.29) is 30.4 Å². The second kappa shape index (κ2) is 12.1. The largest absolute Gasteiger partial charge is 0.394 e. The molecule has 0 aliphatic carbocycles. The molecular formula is C32H45N3O4S. The molecule has 40 heavy (non-hydrogen) atoms. The van der Waals surface area contributed by atoms with Crippen LogP contribution in [0.15, 0.2) is 55.6 Å². The standard InChI is InChI=1S/C32H45N3O4S/c1-7-17-33(18-8-2)28(37)25-26-29(38)35(24(21-36)20-23-13-11-10-12-14-23)27(30(39)34(19-9-3)22(4)5)32(26)16-15-31(25,6)40-32/h7,9-14,22,24-27,36H,1,3,8,15-21H2,2,4-6H3/t24-,25+,26+,27?,31-,32?/m1/s1. The summed E-state index contributed by atoms with van der Waals surface area (Å²) in [6.07, 6.45) is 6.12. The third-order valence-electron chi connectivity index (χ3n) is 9.02. The normalized spacial score (nSPS) is 29.4.